The fourth-order valence-electron chi connectivity index (χ4n) is 0.401. The number of rotatable bonds is 4. The second-order valence-electron chi connectivity index (χ2n) is 1.87. The van der Waals surface area contributed by atoms with Crippen LogP contribution in [0.25, 0.3) is 0 Å². The van der Waals surface area contributed by atoms with Crippen molar-refractivity contribution in [3.05, 3.63) is 11.1 Å². The average Bonchev–Trinajstić information content (AvgIpc) is 1.80. The van der Waals surface area contributed by atoms with Crippen molar-refractivity contribution in [2.45, 2.75) is 20.3 Å². The molecule has 0 rings (SSSR count). The van der Waals surface area contributed by atoms with Crippen LogP contribution in [0.2, 0.25) is 0 Å². The van der Waals surface area contributed by atoms with Gasteiger partial charge in [0, 0.05) is 11.6 Å². The van der Waals surface area contributed by atoms with Gasteiger partial charge in [-0.1, -0.05) is 18.5 Å². The van der Waals surface area contributed by atoms with Gasteiger partial charge in [-0.25, -0.2) is 0 Å². The van der Waals surface area contributed by atoms with Crippen molar-refractivity contribution in [3.63, 3.8) is 0 Å². The molecule has 0 saturated carbocycles. The standard InChI is InChI=1S/C7H13ClO/c1-3-5-9-6-4-7(2)8/h4H,3,5-6H2,1-2H3/b7-4+. The topological polar surface area (TPSA) is 9.23 Å². The van der Waals surface area contributed by atoms with E-state index in [1.165, 1.54) is 0 Å². The van der Waals surface area contributed by atoms with Crippen LogP contribution in [0, 0.1) is 0 Å². The molecule has 54 valence electrons. The van der Waals surface area contributed by atoms with Gasteiger partial charge in [-0.3, -0.25) is 0 Å². The zero-order chi connectivity index (χ0) is 7.11. The van der Waals surface area contributed by atoms with E-state index in [4.69, 9.17) is 16.3 Å². The Morgan fingerprint density at radius 1 is 1.67 bits per heavy atom. The van der Waals surface area contributed by atoms with E-state index in [2.05, 4.69) is 6.92 Å². The molecule has 0 spiro atoms. The van der Waals surface area contributed by atoms with Crippen molar-refractivity contribution >= 4 is 11.6 Å². The molecule has 0 unspecified atom stereocenters. The summed E-state index contributed by atoms with van der Waals surface area (Å²) >= 11 is 5.54. The summed E-state index contributed by atoms with van der Waals surface area (Å²) in [5.41, 5.74) is 0. The van der Waals surface area contributed by atoms with Gasteiger partial charge in [0.15, 0.2) is 0 Å². The molecule has 0 aliphatic heterocycles. The summed E-state index contributed by atoms with van der Waals surface area (Å²) in [6.45, 7) is 5.39. The maximum absolute atomic E-state index is 5.54. The molecule has 0 fully saturated rings. The van der Waals surface area contributed by atoms with Crippen LogP contribution in [0.15, 0.2) is 11.1 Å². The van der Waals surface area contributed by atoms with Crippen molar-refractivity contribution in [3.8, 4) is 0 Å². The molecule has 0 aromatic carbocycles. The third-order valence-corrected chi connectivity index (χ3v) is 0.985. The molecule has 0 saturated heterocycles. The molecule has 0 aliphatic rings. The third-order valence-electron chi connectivity index (χ3n) is 0.831. The van der Waals surface area contributed by atoms with Crippen LogP contribution in [0.4, 0.5) is 0 Å². The molecule has 0 atom stereocenters. The Labute approximate surface area is 61.7 Å². The Morgan fingerprint density at radius 3 is 2.78 bits per heavy atom. The van der Waals surface area contributed by atoms with Gasteiger partial charge in [-0.05, 0) is 19.4 Å². The second kappa shape index (κ2) is 6.12. The molecule has 0 amide bonds. The lowest BCUT2D eigenvalue weighted by Gasteiger charge is -1.95. The first-order valence-corrected chi connectivity index (χ1v) is 3.55. The Bertz CT molecular complexity index is 84.9. The van der Waals surface area contributed by atoms with Gasteiger partial charge >= 0.3 is 0 Å². The number of ether oxygens (including phenoxy) is 1. The van der Waals surface area contributed by atoms with E-state index < -0.39 is 0 Å². The maximum atomic E-state index is 5.54. The van der Waals surface area contributed by atoms with Gasteiger partial charge in [0.05, 0.1) is 6.61 Å². The average molecular weight is 149 g/mol. The molecule has 0 radical (unpaired) electrons. The molecule has 0 aliphatic carbocycles. The zero-order valence-electron chi connectivity index (χ0n) is 5.98. The quantitative estimate of drug-likeness (QED) is 0.557. The van der Waals surface area contributed by atoms with Crippen molar-refractivity contribution in [2.75, 3.05) is 13.2 Å². The van der Waals surface area contributed by atoms with Crippen molar-refractivity contribution in [2.24, 2.45) is 0 Å². The normalized spacial score (nSPS) is 12.1. The highest BCUT2D eigenvalue weighted by Gasteiger charge is 1.81. The molecule has 1 nitrogen and oxygen atoms in total. The first-order valence-electron chi connectivity index (χ1n) is 3.17. The highest BCUT2D eigenvalue weighted by Crippen LogP contribution is 1.96. The third kappa shape index (κ3) is 7.99. The largest absolute Gasteiger partial charge is 0.377 e. The highest BCUT2D eigenvalue weighted by atomic mass is 35.5. The summed E-state index contributed by atoms with van der Waals surface area (Å²) < 4.78 is 5.13. The number of allylic oxidation sites excluding steroid dienone is 1. The van der Waals surface area contributed by atoms with E-state index in [1.54, 1.807) is 0 Å². The van der Waals surface area contributed by atoms with E-state index in [9.17, 15) is 0 Å². The predicted octanol–water partition coefficient (Wildman–Crippen LogP) is 2.56. The summed E-state index contributed by atoms with van der Waals surface area (Å²) in [5.74, 6) is 0. The van der Waals surface area contributed by atoms with E-state index in [0.29, 0.717) is 6.61 Å². The van der Waals surface area contributed by atoms with Crippen LogP contribution in [-0.4, -0.2) is 13.2 Å². The van der Waals surface area contributed by atoms with Crippen LogP contribution in [0.3, 0.4) is 0 Å². The van der Waals surface area contributed by atoms with Crippen LogP contribution in [0.1, 0.15) is 20.3 Å². The van der Waals surface area contributed by atoms with Gasteiger partial charge in [0.1, 0.15) is 0 Å². The van der Waals surface area contributed by atoms with Crippen LogP contribution >= 0.6 is 11.6 Å². The molecule has 0 bridgehead atoms. The summed E-state index contributed by atoms with van der Waals surface area (Å²) in [5, 5.41) is 0.797. The smallest absolute Gasteiger partial charge is 0.0661 e. The van der Waals surface area contributed by atoms with E-state index in [-0.39, 0.29) is 0 Å². The maximum Gasteiger partial charge on any atom is 0.0661 e. The monoisotopic (exact) mass is 148 g/mol. The molecule has 2 heteroatoms. The molecule has 9 heavy (non-hydrogen) atoms. The SMILES string of the molecule is CCCOC/C=C(\C)Cl. The van der Waals surface area contributed by atoms with Crippen molar-refractivity contribution in [1.82, 2.24) is 0 Å². The van der Waals surface area contributed by atoms with Gasteiger partial charge in [-0.15, -0.1) is 0 Å². The van der Waals surface area contributed by atoms with Gasteiger partial charge in [0.25, 0.3) is 0 Å². The molecular formula is C7H13ClO. The number of hydrogen-bond acceptors (Lipinski definition) is 1. The molecule has 0 aromatic heterocycles. The number of hydrogen-bond donors (Lipinski definition) is 0. The fourth-order valence-corrected chi connectivity index (χ4v) is 0.464. The van der Waals surface area contributed by atoms with Gasteiger partial charge in [-0.2, -0.15) is 0 Å². The predicted molar refractivity (Wildman–Crippen MR) is 40.7 cm³/mol. The number of halogens is 1. The Morgan fingerprint density at radius 2 is 2.33 bits per heavy atom. The van der Waals surface area contributed by atoms with E-state index >= 15 is 0 Å². The summed E-state index contributed by atoms with van der Waals surface area (Å²) in [6, 6.07) is 0. The lowest BCUT2D eigenvalue weighted by Crippen LogP contribution is -1.91. The minimum atomic E-state index is 0.642. The molecule has 0 heterocycles. The minimum absolute atomic E-state index is 0.642. The summed E-state index contributed by atoms with van der Waals surface area (Å²) in [7, 11) is 0. The second-order valence-corrected chi connectivity index (χ2v) is 2.46. The minimum Gasteiger partial charge on any atom is -0.377 e. The lowest BCUT2D eigenvalue weighted by molar-refractivity contribution is 0.163. The molecular weight excluding hydrogens is 136 g/mol. The van der Waals surface area contributed by atoms with Crippen molar-refractivity contribution in [1.29, 1.82) is 0 Å². The lowest BCUT2D eigenvalue weighted by atomic mass is 10.5. The van der Waals surface area contributed by atoms with Gasteiger partial charge in [0.2, 0.25) is 0 Å². The van der Waals surface area contributed by atoms with E-state index in [0.717, 1.165) is 18.1 Å². The molecule has 0 aromatic rings. The highest BCUT2D eigenvalue weighted by molar-refractivity contribution is 6.29. The Hall–Kier alpha value is -0.0100. The van der Waals surface area contributed by atoms with E-state index in [1.807, 2.05) is 13.0 Å². The first-order chi connectivity index (χ1) is 4.27. The first kappa shape index (κ1) is 8.99. The van der Waals surface area contributed by atoms with Crippen LogP contribution < -0.4 is 0 Å². The molecule has 0 N–H and O–H groups in total. The Kier molecular flexibility index (Phi) is 6.11. The van der Waals surface area contributed by atoms with Crippen molar-refractivity contribution < 1.29 is 4.74 Å². The zero-order valence-corrected chi connectivity index (χ0v) is 6.74. The summed E-state index contributed by atoms with van der Waals surface area (Å²) in [6.07, 6.45) is 2.92. The Balaban J connectivity index is 3.00. The summed E-state index contributed by atoms with van der Waals surface area (Å²) in [4.78, 5) is 0. The van der Waals surface area contributed by atoms with Crippen LogP contribution in [-0.2, 0) is 4.74 Å². The van der Waals surface area contributed by atoms with Crippen LogP contribution in [0.5, 0.6) is 0 Å². The van der Waals surface area contributed by atoms with Gasteiger partial charge < -0.3 is 4.74 Å². The fraction of sp³-hybridized carbons (Fsp3) is 0.714.